The number of hydrogen-bond acceptors (Lipinski definition) is 3. The van der Waals surface area contributed by atoms with Crippen LogP contribution in [0.5, 0.6) is 0 Å². The Labute approximate surface area is 181 Å². The minimum absolute atomic E-state index is 0.206. The zero-order valence-electron chi connectivity index (χ0n) is 17.7. The summed E-state index contributed by atoms with van der Waals surface area (Å²) in [5.41, 5.74) is 5.31. The van der Waals surface area contributed by atoms with Gasteiger partial charge >= 0.3 is 0 Å². The molecule has 1 unspecified atom stereocenters. The lowest BCUT2D eigenvalue weighted by Gasteiger charge is -2.16. The Morgan fingerprint density at radius 2 is 1.73 bits per heavy atom. The fraction of sp³-hybridized carbons (Fsp3) is 0.261. The van der Waals surface area contributed by atoms with Gasteiger partial charge in [-0.2, -0.15) is 5.10 Å². The summed E-state index contributed by atoms with van der Waals surface area (Å²) in [5, 5.41) is 10.4. The van der Waals surface area contributed by atoms with Crippen molar-refractivity contribution < 1.29 is 9.59 Å². The molecule has 0 saturated carbocycles. The molecule has 0 bridgehead atoms. The number of carbonyl (C=O) groups excluding carboxylic acids is 2. The molecule has 0 spiro atoms. The van der Waals surface area contributed by atoms with E-state index < -0.39 is 6.04 Å². The van der Waals surface area contributed by atoms with Crippen molar-refractivity contribution in [1.29, 1.82) is 0 Å². The first-order valence-electron chi connectivity index (χ1n) is 9.67. The lowest BCUT2D eigenvalue weighted by molar-refractivity contribution is -0.119. The number of benzene rings is 2. The van der Waals surface area contributed by atoms with E-state index in [0.29, 0.717) is 22.0 Å². The average molecular weight is 425 g/mol. The van der Waals surface area contributed by atoms with Gasteiger partial charge in [0, 0.05) is 16.9 Å². The van der Waals surface area contributed by atoms with Crippen molar-refractivity contribution in [1.82, 2.24) is 9.78 Å². The number of aryl methyl sites for hydroxylation is 4. The number of carbonyl (C=O) groups is 2. The third-order valence-electron chi connectivity index (χ3n) is 4.91. The summed E-state index contributed by atoms with van der Waals surface area (Å²) >= 11 is 6.36. The van der Waals surface area contributed by atoms with E-state index in [1.54, 1.807) is 29.8 Å². The molecule has 0 aliphatic heterocycles. The summed E-state index contributed by atoms with van der Waals surface area (Å²) in [5.74, 6) is -0.433. The van der Waals surface area contributed by atoms with Crippen molar-refractivity contribution in [3.05, 3.63) is 75.6 Å². The van der Waals surface area contributed by atoms with E-state index in [4.69, 9.17) is 11.6 Å². The summed E-state index contributed by atoms with van der Waals surface area (Å²) in [4.78, 5) is 25.3. The van der Waals surface area contributed by atoms with Crippen molar-refractivity contribution >= 4 is 34.8 Å². The van der Waals surface area contributed by atoms with Gasteiger partial charge in [0.25, 0.3) is 5.91 Å². The first-order valence-corrected chi connectivity index (χ1v) is 10.1. The molecule has 0 aliphatic carbocycles. The van der Waals surface area contributed by atoms with Crippen LogP contribution in [0.2, 0.25) is 5.02 Å². The van der Waals surface area contributed by atoms with E-state index in [9.17, 15) is 9.59 Å². The Morgan fingerprint density at radius 3 is 2.37 bits per heavy atom. The van der Waals surface area contributed by atoms with Crippen molar-refractivity contribution in [2.24, 2.45) is 0 Å². The molecule has 1 heterocycles. The van der Waals surface area contributed by atoms with Gasteiger partial charge in [0.05, 0.1) is 16.4 Å². The fourth-order valence-electron chi connectivity index (χ4n) is 3.26. The molecule has 3 rings (SSSR count). The summed E-state index contributed by atoms with van der Waals surface area (Å²) < 4.78 is 1.68. The van der Waals surface area contributed by atoms with E-state index in [-0.39, 0.29) is 11.8 Å². The van der Waals surface area contributed by atoms with Gasteiger partial charge in [0.1, 0.15) is 6.04 Å². The highest BCUT2D eigenvalue weighted by molar-refractivity contribution is 6.34. The molecule has 156 valence electrons. The third-order valence-corrected chi connectivity index (χ3v) is 5.23. The Morgan fingerprint density at radius 1 is 1.00 bits per heavy atom. The lowest BCUT2D eigenvalue weighted by atomic mass is 10.0. The van der Waals surface area contributed by atoms with Crippen molar-refractivity contribution in [2.75, 3.05) is 10.6 Å². The SMILES string of the molecule is Cc1ccc(C)c(C(=O)Nc2ccc(NC(=O)C(C)n3nc(C)cc3C)c(Cl)c2)c1. The molecule has 30 heavy (non-hydrogen) atoms. The van der Waals surface area contributed by atoms with E-state index in [1.165, 1.54) is 0 Å². The van der Waals surface area contributed by atoms with E-state index in [2.05, 4.69) is 15.7 Å². The maximum atomic E-state index is 12.6. The molecule has 0 aliphatic rings. The van der Waals surface area contributed by atoms with Gasteiger partial charge < -0.3 is 10.6 Å². The summed E-state index contributed by atoms with van der Waals surface area (Å²) in [7, 11) is 0. The second-order valence-corrected chi connectivity index (χ2v) is 7.91. The second-order valence-electron chi connectivity index (χ2n) is 7.50. The van der Waals surface area contributed by atoms with Crippen molar-refractivity contribution in [3.8, 4) is 0 Å². The molecule has 1 aromatic heterocycles. The normalized spacial score (nSPS) is 11.8. The molecular weight excluding hydrogens is 400 g/mol. The number of hydrogen-bond donors (Lipinski definition) is 2. The largest absolute Gasteiger partial charge is 0.323 e. The molecule has 2 N–H and O–H groups in total. The topological polar surface area (TPSA) is 76.0 Å². The maximum absolute atomic E-state index is 12.6. The van der Waals surface area contributed by atoms with Gasteiger partial charge in [0.15, 0.2) is 0 Å². The van der Waals surface area contributed by atoms with Crippen LogP contribution in [0.1, 0.15) is 45.8 Å². The molecule has 2 amide bonds. The maximum Gasteiger partial charge on any atom is 0.255 e. The van der Waals surface area contributed by atoms with Gasteiger partial charge in [-0.1, -0.05) is 29.3 Å². The molecule has 2 aromatic carbocycles. The highest BCUT2D eigenvalue weighted by Crippen LogP contribution is 2.27. The number of nitrogens with one attached hydrogen (secondary N) is 2. The molecule has 0 fully saturated rings. The minimum atomic E-state index is -0.488. The Bertz CT molecular complexity index is 1120. The number of nitrogens with zero attached hydrogens (tertiary/aromatic N) is 2. The van der Waals surface area contributed by atoms with Gasteiger partial charge in [-0.05, 0) is 70.5 Å². The van der Waals surface area contributed by atoms with Crippen LogP contribution in [0, 0.1) is 27.7 Å². The minimum Gasteiger partial charge on any atom is -0.323 e. The van der Waals surface area contributed by atoms with Gasteiger partial charge in [0.2, 0.25) is 5.91 Å². The Balaban J connectivity index is 1.72. The van der Waals surface area contributed by atoms with Gasteiger partial charge in [-0.3, -0.25) is 14.3 Å². The van der Waals surface area contributed by atoms with Crippen molar-refractivity contribution in [2.45, 2.75) is 40.7 Å². The zero-order valence-corrected chi connectivity index (χ0v) is 18.5. The van der Waals surface area contributed by atoms with E-state index in [1.807, 2.05) is 52.0 Å². The smallest absolute Gasteiger partial charge is 0.255 e. The first kappa shape index (κ1) is 21.6. The van der Waals surface area contributed by atoms with Crippen LogP contribution in [-0.2, 0) is 4.79 Å². The number of aromatic nitrogens is 2. The van der Waals surface area contributed by atoms with Crippen LogP contribution >= 0.6 is 11.6 Å². The van der Waals surface area contributed by atoms with E-state index >= 15 is 0 Å². The summed E-state index contributed by atoms with van der Waals surface area (Å²) in [6, 6.07) is 12.2. The van der Waals surface area contributed by atoms with Gasteiger partial charge in [-0.15, -0.1) is 0 Å². The predicted molar refractivity (Wildman–Crippen MR) is 120 cm³/mol. The quantitative estimate of drug-likeness (QED) is 0.589. The predicted octanol–water partition coefficient (Wildman–Crippen LogP) is 5.22. The van der Waals surface area contributed by atoms with E-state index in [0.717, 1.165) is 22.5 Å². The molecule has 7 heteroatoms. The summed E-state index contributed by atoms with van der Waals surface area (Å²) in [6.45, 7) is 9.41. The molecule has 0 saturated heterocycles. The highest BCUT2D eigenvalue weighted by Gasteiger charge is 2.19. The van der Waals surface area contributed by atoms with Crippen LogP contribution in [0.4, 0.5) is 11.4 Å². The average Bonchev–Trinajstić information content (AvgIpc) is 3.03. The molecule has 6 nitrogen and oxygen atoms in total. The number of anilines is 2. The van der Waals surface area contributed by atoms with Crippen molar-refractivity contribution in [3.63, 3.8) is 0 Å². The molecule has 3 aromatic rings. The number of halogens is 1. The second kappa shape index (κ2) is 8.71. The lowest BCUT2D eigenvalue weighted by Crippen LogP contribution is -2.25. The van der Waals surface area contributed by atoms with Crippen LogP contribution in [0.25, 0.3) is 0 Å². The Hall–Kier alpha value is -3.12. The third kappa shape index (κ3) is 4.71. The first-order chi connectivity index (χ1) is 14.2. The zero-order chi connectivity index (χ0) is 22.0. The molecule has 1 atom stereocenters. The number of amides is 2. The molecular formula is C23H25ClN4O2. The standard InChI is InChI=1S/C23H25ClN4O2/c1-13-6-7-14(2)19(10-13)23(30)25-18-8-9-21(20(24)12-18)26-22(29)17(5)28-16(4)11-15(3)27-28/h6-12,17H,1-5H3,(H,25,30)(H,26,29). The van der Waals surface area contributed by atoms with Crippen LogP contribution in [-0.4, -0.2) is 21.6 Å². The Kier molecular flexibility index (Phi) is 6.27. The monoisotopic (exact) mass is 424 g/mol. The summed E-state index contributed by atoms with van der Waals surface area (Å²) in [6.07, 6.45) is 0. The molecule has 0 radical (unpaired) electrons. The highest BCUT2D eigenvalue weighted by atomic mass is 35.5. The van der Waals surface area contributed by atoms with Crippen LogP contribution in [0.15, 0.2) is 42.5 Å². The van der Waals surface area contributed by atoms with Crippen LogP contribution < -0.4 is 10.6 Å². The van der Waals surface area contributed by atoms with Gasteiger partial charge in [-0.25, -0.2) is 0 Å². The fourth-order valence-corrected chi connectivity index (χ4v) is 3.49. The van der Waals surface area contributed by atoms with Crippen LogP contribution in [0.3, 0.4) is 0 Å². The number of rotatable bonds is 5.